The molecule has 0 aromatic heterocycles. The lowest BCUT2D eigenvalue weighted by atomic mass is 10.2. The molecule has 0 aliphatic rings. The summed E-state index contributed by atoms with van der Waals surface area (Å²) in [5.74, 6) is 0.276. The molecule has 0 radical (unpaired) electrons. The van der Waals surface area contributed by atoms with Crippen molar-refractivity contribution in [2.24, 2.45) is 0 Å². The Hall–Kier alpha value is -1.19. The Morgan fingerprint density at radius 3 is 2.56 bits per heavy atom. The van der Waals surface area contributed by atoms with Crippen LogP contribution in [0.25, 0.3) is 0 Å². The van der Waals surface area contributed by atoms with Gasteiger partial charge in [-0.05, 0) is 58.2 Å². The van der Waals surface area contributed by atoms with Crippen LogP contribution >= 0.6 is 27.5 Å². The number of benzene rings is 2. The van der Waals surface area contributed by atoms with Crippen LogP contribution in [-0.4, -0.2) is 5.11 Å². The summed E-state index contributed by atoms with van der Waals surface area (Å²) >= 11 is 9.60. The fourth-order valence-corrected chi connectivity index (χ4v) is 2.35. The molecule has 0 spiro atoms. The van der Waals surface area contributed by atoms with Gasteiger partial charge in [-0.25, -0.2) is 0 Å². The smallest absolute Gasteiger partial charge is 0.115 e. The molecular formula is C14H13BrClNO. The molecule has 0 atom stereocenters. The molecule has 94 valence electrons. The van der Waals surface area contributed by atoms with Crippen LogP contribution in [0.15, 0.2) is 40.9 Å². The van der Waals surface area contributed by atoms with E-state index >= 15 is 0 Å². The van der Waals surface area contributed by atoms with Gasteiger partial charge < -0.3 is 10.4 Å². The number of rotatable bonds is 3. The topological polar surface area (TPSA) is 32.3 Å². The van der Waals surface area contributed by atoms with Gasteiger partial charge in [-0.3, -0.25) is 0 Å². The van der Waals surface area contributed by atoms with Crippen molar-refractivity contribution in [3.63, 3.8) is 0 Å². The molecule has 2 aromatic rings. The van der Waals surface area contributed by atoms with Gasteiger partial charge >= 0.3 is 0 Å². The summed E-state index contributed by atoms with van der Waals surface area (Å²) in [6.07, 6.45) is 0. The van der Waals surface area contributed by atoms with Crippen LogP contribution in [-0.2, 0) is 6.54 Å². The molecule has 0 aliphatic heterocycles. The maximum absolute atomic E-state index is 9.21. The van der Waals surface area contributed by atoms with Gasteiger partial charge in [0.15, 0.2) is 0 Å². The largest absolute Gasteiger partial charge is 0.508 e. The molecule has 0 aliphatic carbocycles. The summed E-state index contributed by atoms with van der Waals surface area (Å²) in [5, 5.41) is 13.3. The molecule has 0 saturated carbocycles. The minimum Gasteiger partial charge on any atom is -0.508 e. The van der Waals surface area contributed by atoms with E-state index in [-0.39, 0.29) is 5.75 Å². The highest BCUT2D eigenvalue weighted by Crippen LogP contribution is 2.29. The van der Waals surface area contributed by atoms with Gasteiger partial charge in [0.2, 0.25) is 0 Å². The van der Waals surface area contributed by atoms with E-state index in [0.717, 1.165) is 26.3 Å². The monoisotopic (exact) mass is 325 g/mol. The van der Waals surface area contributed by atoms with E-state index in [1.165, 1.54) is 0 Å². The number of hydrogen-bond acceptors (Lipinski definition) is 2. The van der Waals surface area contributed by atoms with Crippen LogP contribution in [0, 0.1) is 6.92 Å². The number of anilines is 1. The molecule has 0 fully saturated rings. The Labute approximate surface area is 120 Å². The van der Waals surface area contributed by atoms with Gasteiger partial charge in [-0.2, -0.15) is 0 Å². The number of halogens is 2. The highest BCUT2D eigenvalue weighted by Gasteiger charge is 2.04. The first-order chi connectivity index (χ1) is 8.56. The summed E-state index contributed by atoms with van der Waals surface area (Å²) in [6.45, 7) is 2.65. The molecule has 0 heterocycles. The summed E-state index contributed by atoms with van der Waals surface area (Å²) in [7, 11) is 0. The minimum atomic E-state index is 0.276. The highest BCUT2D eigenvalue weighted by molar-refractivity contribution is 9.10. The average Bonchev–Trinajstić information content (AvgIpc) is 2.34. The summed E-state index contributed by atoms with van der Waals surface area (Å²) in [4.78, 5) is 0. The number of nitrogens with one attached hydrogen (secondary N) is 1. The van der Waals surface area contributed by atoms with Crippen molar-refractivity contribution in [3.05, 3.63) is 57.0 Å². The van der Waals surface area contributed by atoms with Gasteiger partial charge in [0.25, 0.3) is 0 Å². The first kappa shape index (κ1) is 13.2. The Morgan fingerprint density at radius 2 is 1.89 bits per heavy atom. The van der Waals surface area contributed by atoms with E-state index in [2.05, 4.69) is 21.2 Å². The highest BCUT2D eigenvalue weighted by atomic mass is 79.9. The van der Waals surface area contributed by atoms with Crippen molar-refractivity contribution in [1.29, 1.82) is 0 Å². The molecule has 2 rings (SSSR count). The second-order valence-corrected chi connectivity index (χ2v) is 5.36. The molecule has 2 aromatic carbocycles. The zero-order valence-electron chi connectivity index (χ0n) is 9.87. The van der Waals surface area contributed by atoms with Crippen molar-refractivity contribution in [3.8, 4) is 5.75 Å². The van der Waals surface area contributed by atoms with Crippen molar-refractivity contribution < 1.29 is 5.11 Å². The van der Waals surface area contributed by atoms with E-state index in [1.54, 1.807) is 12.1 Å². The fraction of sp³-hybridized carbons (Fsp3) is 0.143. The zero-order valence-corrected chi connectivity index (χ0v) is 12.2. The molecular weight excluding hydrogens is 314 g/mol. The molecule has 4 heteroatoms. The van der Waals surface area contributed by atoms with Crippen molar-refractivity contribution >= 4 is 33.2 Å². The first-order valence-corrected chi connectivity index (χ1v) is 6.71. The normalized spacial score (nSPS) is 10.4. The van der Waals surface area contributed by atoms with Gasteiger partial charge in [-0.15, -0.1) is 0 Å². The third-order valence-corrected chi connectivity index (χ3v) is 3.73. The van der Waals surface area contributed by atoms with Crippen LogP contribution in [0.1, 0.15) is 11.1 Å². The predicted molar refractivity (Wildman–Crippen MR) is 79.3 cm³/mol. The average molecular weight is 327 g/mol. The van der Waals surface area contributed by atoms with Crippen LogP contribution in [0.4, 0.5) is 5.69 Å². The Balaban J connectivity index is 2.10. The number of aromatic hydroxyl groups is 1. The second-order valence-electron chi connectivity index (χ2n) is 4.10. The second kappa shape index (κ2) is 5.63. The molecule has 2 nitrogen and oxygen atoms in total. The number of phenolic OH excluding ortho intramolecular Hbond substituents is 1. The Kier molecular flexibility index (Phi) is 4.15. The molecule has 18 heavy (non-hydrogen) atoms. The van der Waals surface area contributed by atoms with Crippen LogP contribution in [0.2, 0.25) is 5.02 Å². The van der Waals surface area contributed by atoms with Crippen molar-refractivity contribution in [2.75, 3.05) is 5.32 Å². The number of phenols is 1. The fourth-order valence-electron chi connectivity index (χ4n) is 1.59. The molecule has 0 saturated heterocycles. The van der Waals surface area contributed by atoms with E-state index in [4.69, 9.17) is 11.6 Å². The maximum Gasteiger partial charge on any atom is 0.115 e. The van der Waals surface area contributed by atoms with Crippen LogP contribution in [0.5, 0.6) is 5.75 Å². The molecule has 0 unspecified atom stereocenters. The SMILES string of the molecule is Cc1cc(Br)c(NCc2ccc(O)cc2)cc1Cl. The molecule has 2 N–H and O–H groups in total. The van der Waals surface area contributed by atoms with E-state index in [9.17, 15) is 5.11 Å². The standard InChI is InChI=1S/C14H13BrClNO/c1-9-6-12(15)14(7-13(9)16)17-8-10-2-4-11(18)5-3-10/h2-7,17-18H,8H2,1H3. The maximum atomic E-state index is 9.21. The Bertz CT molecular complexity index is 554. The van der Waals surface area contributed by atoms with Gasteiger partial charge in [0, 0.05) is 16.0 Å². The Morgan fingerprint density at radius 1 is 1.22 bits per heavy atom. The lowest BCUT2D eigenvalue weighted by Gasteiger charge is -2.10. The van der Waals surface area contributed by atoms with Crippen molar-refractivity contribution in [1.82, 2.24) is 0 Å². The molecule has 0 amide bonds. The summed E-state index contributed by atoms with van der Waals surface area (Å²) in [5.41, 5.74) is 3.09. The molecule has 0 bridgehead atoms. The van der Waals surface area contributed by atoms with E-state index < -0.39 is 0 Å². The van der Waals surface area contributed by atoms with Gasteiger partial charge in [0.05, 0.1) is 5.69 Å². The van der Waals surface area contributed by atoms with Gasteiger partial charge in [-0.1, -0.05) is 23.7 Å². The van der Waals surface area contributed by atoms with Crippen LogP contribution in [0.3, 0.4) is 0 Å². The third-order valence-electron chi connectivity index (χ3n) is 2.67. The number of hydrogen-bond donors (Lipinski definition) is 2. The van der Waals surface area contributed by atoms with E-state index in [1.807, 2.05) is 31.2 Å². The third kappa shape index (κ3) is 3.18. The quantitative estimate of drug-likeness (QED) is 0.854. The number of aryl methyl sites for hydroxylation is 1. The lowest BCUT2D eigenvalue weighted by Crippen LogP contribution is -2.00. The predicted octanol–water partition coefficient (Wildman–Crippen LogP) is 4.73. The van der Waals surface area contributed by atoms with E-state index in [0.29, 0.717) is 6.54 Å². The zero-order chi connectivity index (χ0) is 13.1. The van der Waals surface area contributed by atoms with Crippen molar-refractivity contribution in [2.45, 2.75) is 13.5 Å². The summed E-state index contributed by atoms with van der Waals surface area (Å²) < 4.78 is 0.989. The van der Waals surface area contributed by atoms with Gasteiger partial charge in [0.1, 0.15) is 5.75 Å². The summed E-state index contributed by atoms with van der Waals surface area (Å²) in [6, 6.07) is 11.0. The first-order valence-electron chi connectivity index (χ1n) is 5.53. The lowest BCUT2D eigenvalue weighted by molar-refractivity contribution is 0.475. The minimum absolute atomic E-state index is 0.276. The van der Waals surface area contributed by atoms with Crippen LogP contribution < -0.4 is 5.32 Å².